The maximum atomic E-state index is 11.8. The second-order valence-corrected chi connectivity index (χ2v) is 4.59. The molecule has 0 unspecified atom stereocenters. The van der Waals surface area contributed by atoms with E-state index in [-0.39, 0.29) is 5.91 Å². The van der Waals surface area contributed by atoms with Gasteiger partial charge < -0.3 is 15.2 Å². The number of carboxylic acids is 1. The molecule has 0 saturated heterocycles. The van der Waals surface area contributed by atoms with Crippen LogP contribution in [0.3, 0.4) is 0 Å². The summed E-state index contributed by atoms with van der Waals surface area (Å²) in [5.41, 5.74) is 2.54. The van der Waals surface area contributed by atoms with E-state index in [1.807, 2.05) is 13.0 Å². The molecule has 0 aliphatic heterocycles. The normalized spacial score (nSPS) is 10.8. The first-order valence-electron chi connectivity index (χ1n) is 6.89. The SMILES string of the molecule is CCc1cc(/C=C/C(=O)O)ccc1NC(=O)CCCOC. The minimum Gasteiger partial charge on any atom is -0.478 e. The molecule has 0 fully saturated rings. The van der Waals surface area contributed by atoms with Gasteiger partial charge in [0.15, 0.2) is 0 Å². The number of anilines is 1. The third-order valence-electron chi connectivity index (χ3n) is 2.95. The average molecular weight is 291 g/mol. The Labute approximate surface area is 124 Å². The van der Waals surface area contributed by atoms with Crippen molar-refractivity contribution >= 4 is 23.6 Å². The number of hydrogen-bond acceptors (Lipinski definition) is 3. The summed E-state index contributed by atoms with van der Waals surface area (Å²) in [4.78, 5) is 22.3. The van der Waals surface area contributed by atoms with E-state index in [9.17, 15) is 9.59 Å². The van der Waals surface area contributed by atoms with Crippen LogP contribution in [0.2, 0.25) is 0 Å². The summed E-state index contributed by atoms with van der Waals surface area (Å²) in [6.45, 7) is 2.55. The molecule has 0 radical (unpaired) electrons. The van der Waals surface area contributed by atoms with E-state index in [1.54, 1.807) is 19.2 Å². The maximum Gasteiger partial charge on any atom is 0.328 e. The molecule has 0 saturated carbocycles. The summed E-state index contributed by atoms with van der Waals surface area (Å²) < 4.78 is 4.91. The molecule has 1 aromatic rings. The van der Waals surface area contributed by atoms with Crippen LogP contribution in [-0.4, -0.2) is 30.7 Å². The van der Waals surface area contributed by atoms with Crippen molar-refractivity contribution in [2.24, 2.45) is 0 Å². The number of carboxylic acid groups (broad SMARTS) is 1. The fraction of sp³-hybridized carbons (Fsp3) is 0.375. The van der Waals surface area contributed by atoms with Crippen LogP contribution in [0.1, 0.15) is 30.9 Å². The molecule has 2 N–H and O–H groups in total. The minimum atomic E-state index is -0.983. The highest BCUT2D eigenvalue weighted by Crippen LogP contribution is 2.19. The van der Waals surface area contributed by atoms with Crippen LogP contribution in [0.4, 0.5) is 5.69 Å². The topological polar surface area (TPSA) is 75.6 Å². The average Bonchev–Trinajstić information content (AvgIpc) is 2.46. The molecule has 0 atom stereocenters. The fourth-order valence-electron chi connectivity index (χ4n) is 1.89. The zero-order chi connectivity index (χ0) is 15.7. The second-order valence-electron chi connectivity index (χ2n) is 4.59. The predicted octanol–water partition coefficient (Wildman–Crippen LogP) is 2.71. The maximum absolute atomic E-state index is 11.8. The lowest BCUT2D eigenvalue weighted by molar-refractivity contribution is -0.131. The molecular formula is C16H21NO4. The number of nitrogens with one attached hydrogen (secondary N) is 1. The van der Waals surface area contributed by atoms with Crippen molar-refractivity contribution in [2.45, 2.75) is 26.2 Å². The third-order valence-corrected chi connectivity index (χ3v) is 2.95. The van der Waals surface area contributed by atoms with Gasteiger partial charge in [0, 0.05) is 31.9 Å². The predicted molar refractivity (Wildman–Crippen MR) is 82.2 cm³/mol. The lowest BCUT2D eigenvalue weighted by atomic mass is 10.1. The number of aryl methyl sites for hydroxylation is 1. The Kier molecular flexibility index (Phi) is 7.18. The largest absolute Gasteiger partial charge is 0.478 e. The van der Waals surface area contributed by atoms with Crippen LogP contribution < -0.4 is 5.32 Å². The first kappa shape index (κ1) is 16.9. The highest BCUT2D eigenvalue weighted by atomic mass is 16.5. The number of aliphatic carboxylic acids is 1. The van der Waals surface area contributed by atoms with Crippen LogP contribution in [0, 0.1) is 0 Å². The van der Waals surface area contributed by atoms with Crippen LogP contribution in [-0.2, 0) is 20.7 Å². The zero-order valence-electron chi connectivity index (χ0n) is 12.4. The molecule has 0 spiro atoms. The highest BCUT2D eigenvalue weighted by Gasteiger charge is 2.06. The summed E-state index contributed by atoms with van der Waals surface area (Å²) in [6, 6.07) is 5.46. The van der Waals surface area contributed by atoms with E-state index >= 15 is 0 Å². The van der Waals surface area contributed by atoms with E-state index in [4.69, 9.17) is 9.84 Å². The van der Waals surface area contributed by atoms with Gasteiger partial charge in [-0.05, 0) is 42.2 Å². The van der Waals surface area contributed by atoms with E-state index in [2.05, 4.69) is 5.32 Å². The Hall–Kier alpha value is -2.14. The Balaban J connectivity index is 2.74. The number of carbonyl (C=O) groups excluding carboxylic acids is 1. The molecule has 0 heterocycles. The molecule has 1 aromatic carbocycles. The summed E-state index contributed by atoms with van der Waals surface area (Å²) in [5.74, 6) is -1.03. The van der Waals surface area contributed by atoms with Gasteiger partial charge in [-0.2, -0.15) is 0 Å². The molecule has 0 bridgehead atoms. The molecule has 21 heavy (non-hydrogen) atoms. The number of benzene rings is 1. The summed E-state index contributed by atoms with van der Waals surface area (Å²) >= 11 is 0. The van der Waals surface area contributed by atoms with E-state index in [0.29, 0.717) is 19.4 Å². The van der Waals surface area contributed by atoms with Gasteiger partial charge in [-0.15, -0.1) is 0 Å². The Morgan fingerprint density at radius 3 is 2.76 bits per heavy atom. The van der Waals surface area contributed by atoms with Gasteiger partial charge in [0.05, 0.1) is 0 Å². The van der Waals surface area contributed by atoms with Gasteiger partial charge in [-0.25, -0.2) is 4.79 Å². The van der Waals surface area contributed by atoms with E-state index in [1.165, 1.54) is 6.08 Å². The summed E-state index contributed by atoms with van der Waals surface area (Å²) in [7, 11) is 1.61. The van der Waals surface area contributed by atoms with Gasteiger partial charge in [0.1, 0.15) is 0 Å². The molecule has 1 amide bonds. The smallest absolute Gasteiger partial charge is 0.328 e. The van der Waals surface area contributed by atoms with Gasteiger partial charge in [-0.1, -0.05) is 13.0 Å². The molecule has 114 valence electrons. The molecule has 1 rings (SSSR count). The van der Waals surface area contributed by atoms with Gasteiger partial charge in [-0.3, -0.25) is 4.79 Å². The zero-order valence-corrected chi connectivity index (χ0v) is 12.4. The lowest BCUT2D eigenvalue weighted by Crippen LogP contribution is -2.13. The van der Waals surface area contributed by atoms with Gasteiger partial charge in [0.2, 0.25) is 5.91 Å². The monoisotopic (exact) mass is 291 g/mol. The van der Waals surface area contributed by atoms with Crippen molar-refractivity contribution in [3.8, 4) is 0 Å². The summed E-state index contributed by atoms with van der Waals surface area (Å²) in [6.07, 6.45) is 4.48. The van der Waals surface area contributed by atoms with Crippen molar-refractivity contribution in [1.29, 1.82) is 0 Å². The van der Waals surface area contributed by atoms with Crippen LogP contribution >= 0.6 is 0 Å². The molecular weight excluding hydrogens is 270 g/mol. The summed E-state index contributed by atoms with van der Waals surface area (Å²) in [5, 5.41) is 11.5. The first-order valence-corrected chi connectivity index (χ1v) is 6.89. The molecule has 0 aliphatic rings. The first-order chi connectivity index (χ1) is 10.1. The van der Waals surface area contributed by atoms with Crippen molar-refractivity contribution in [3.05, 3.63) is 35.4 Å². The lowest BCUT2D eigenvalue weighted by Gasteiger charge is -2.11. The van der Waals surface area contributed by atoms with Crippen LogP contribution in [0.25, 0.3) is 6.08 Å². The molecule has 0 aromatic heterocycles. The Morgan fingerprint density at radius 1 is 1.38 bits per heavy atom. The Bertz CT molecular complexity index is 523. The second kappa shape index (κ2) is 8.92. The van der Waals surface area contributed by atoms with Crippen molar-refractivity contribution in [1.82, 2.24) is 0 Å². The number of rotatable bonds is 8. The highest BCUT2D eigenvalue weighted by molar-refractivity contribution is 5.92. The molecule has 0 aliphatic carbocycles. The molecule has 5 nitrogen and oxygen atoms in total. The standard InChI is InChI=1S/C16H21NO4/c1-3-13-11-12(7-9-16(19)20)6-8-14(13)17-15(18)5-4-10-21-2/h6-9,11H,3-5,10H2,1-2H3,(H,17,18)(H,19,20)/b9-7+. The van der Waals surface area contributed by atoms with E-state index in [0.717, 1.165) is 29.3 Å². The quantitative estimate of drug-likeness (QED) is 0.570. The van der Waals surface area contributed by atoms with Crippen molar-refractivity contribution in [3.63, 3.8) is 0 Å². The Morgan fingerprint density at radius 2 is 2.14 bits per heavy atom. The number of carbonyl (C=O) groups is 2. The number of hydrogen-bond donors (Lipinski definition) is 2. The van der Waals surface area contributed by atoms with Gasteiger partial charge in [0.25, 0.3) is 0 Å². The van der Waals surface area contributed by atoms with Crippen molar-refractivity contribution < 1.29 is 19.4 Å². The van der Waals surface area contributed by atoms with E-state index < -0.39 is 5.97 Å². The molecule has 5 heteroatoms. The van der Waals surface area contributed by atoms with Crippen LogP contribution in [0.15, 0.2) is 24.3 Å². The number of ether oxygens (including phenoxy) is 1. The minimum absolute atomic E-state index is 0.0458. The van der Waals surface area contributed by atoms with Gasteiger partial charge >= 0.3 is 5.97 Å². The number of methoxy groups -OCH3 is 1. The van der Waals surface area contributed by atoms with Crippen LogP contribution in [0.5, 0.6) is 0 Å². The third kappa shape index (κ3) is 6.23. The van der Waals surface area contributed by atoms with Crippen molar-refractivity contribution in [2.75, 3.05) is 19.0 Å². The number of amides is 1. The fourth-order valence-corrected chi connectivity index (χ4v) is 1.89.